The van der Waals surface area contributed by atoms with Gasteiger partial charge in [0.05, 0.1) is 17.6 Å². The molecular weight excluding hydrogens is 484 g/mol. The molecular formula is C28H30N6O4. The van der Waals surface area contributed by atoms with E-state index in [1.807, 2.05) is 64.1 Å². The Morgan fingerprint density at radius 2 is 1.58 bits per heavy atom. The minimum Gasteiger partial charge on any atom is -0.444 e. The fraction of sp³-hybridized carbons (Fsp3) is 0.286. The minimum atomic E-state index is -0.553. The van der Waals surface area contributed by atoms with Crippen molar-refractivity contribution in [2.24, 2.45) is 0 Å². The van der Waals surface area contributed by atoms with Gasteiger partial charge >= 0.3 is 6.09 Å². The number of alkyl carbamates (subject to hydrolysis) is 1. The van der Waals surface area contributed by atoms with Crippen LogP contribution in [-0.2, 0) is 11.3 Å². The molecule has 10 nitrogen and oxygen atoms in total. The van der Waals surface area contributed by atoms with Crippen LogP contribution in [0.3, 0.4) is 0 Å². The first-order chi connectivity index (χ1) is 18.0. The molecule has 0 unspecified atom stereocenters. The highest BCUT2D eigenvalue weighted by Gasteiger charge is 2.18. The van der Waals surface area contributed by atoms with Crippen LogP contribution in [-0.4, -0.2) is 56.8 Å². The smallest absolute Gasteiger partial charge is 0.407 e. The molecule has 0 aliphatic carbocycles. The Morgan fingerprint density at radius 3 is 2.21 bits per heavy atom. The zero-order chi connectivity index (χ0) is 27.4. The molecule has 0 saturated carbocycles. The number of nitrogens with zero attached hydrogens (tertiary/aromatic N) is 5. The first-order valence-corrected chi connectivity index (χ1v) is 12.1. The number of nitrogens with one attached hydrogen (secondary N) is 1. The van der Waals surface area contributed by atoms with Gasteiger partial charge in [-0.3, -0.25) is 9.78 Å². The van der Waals surface area contributed by atoms with E-state index in [0.717, 1.165) is 16.7 Å². The van der Waals surface area contributed by atoms with E-state index in [-0.39, 0.29) is 11.8 Å². The molecule has 38 heavy (non-hydrogen) atoms. The van der Waals surface area contributed by atoms with Crippen molar-refractivity contribution in [2.75, 3.05) is 14.1 Å². The van der Waals surface area contributed by atoms with Crippen LogP contribution in [0.15, 0.2) is 59.1 Å². The van der Waals surface area contributed by atoms with E-state index >= 15 is 0 Å². The first kappa shape index (κ1) is 26.5. The summed E-state index contributed by atoms with van der Waals surface area (Å²) in [6, 6.07) is 14.6. The second-order valence-corrected chi connectivity index (χ2v) is 9.93. The van der Waals surface area contributed by atoms with Gasteiger partial charge in [-0.05, 0) is 57.5 Å². The number of carbonyl (C=O) groups is 2. The second-order valence-electron chi connectivity index (χ2n) is 9.93. The third kappa shape index (κ3) is 6.39. The molecule has 0 spiro atoms. The number of benzene rings is 2. The Hall–Kier alpha value is -4.60. The lowest BCUT2D eigenvalue weighted by Gasteiger charge is -2.19. The number of ether oxygens (including phenoxy) is 1. The summed E-state index contributed by atoms with van der Waals surface area (Å²) in [5.41, 5.74) is 4.22. The highest BCUT2D eigenvalue weighted by Crippen LogP contribution is 2.27. The van der Waals surface area contributed by atoms with Crippen molar-refractivity contribution >= 4 is 12.0 Å². The molecule has 2 amide bonds. The molecule has 2 aromatic carbocycles. The molecule has 0 fully saturated rings. The standard InChI is InChI=1S/C28H30N6O4/c1-17-23(31-22(16-29-17)19-11-13-21(14-12-19)26(35)34(5)6)25-33-32-24(37-25)20-9-7-18(8-10-20)15-30-27(36)38-28(2,3)4/h7-14,16H,15H2,1-6H3,(H,30,36). The van der Waals surface area contributed by atoms with Gasteiger partial charge in [-0.2, -0.15) is 0 Å². The van der Waals surface area contributed by atoms with Gasteiger partial charge in [-0.25, -0.2) is 9.78 Å². The average molecular weight is 515 g/mol. The number of aryl methyl sites for hydroxylation is 1. The Kier molecular flexibility index (Phi) is 7.52. The van der Waals surface area contributed by atoms with Gasteiger partial charge in [-0.1, -0.05) is 24.3 Å². The fourth-order valence-electron chi connectivity index (χ4n) is 3.52. The van der Waals surface area contributed by atoms with Crippen LogP contribution in [0, 0.1) is 6.92 Å². The molecule has 196 valence electrons. The van der Waals surface area contributed by atoms with E-state index in [2.05, 4.69) is 20.5 Å². The maximum Gasteiger partial charge on any atom is 0.407 e. The molecule has 0 aliphatic heterocycles. The minimum absolute atomic E-state index is 0.0713. The molecule has 2 heterocycles. The largest absolute Gasteiger partial charge is 0.444 e. The Morgan fingerprint density at radius 1 is 0.947 bits per heavy atom. The molecule has 0 radical (unpaired) electrons. The van der Waals surface area contributed by atoms with Crippen molar-refractivity contribution in [1.29, 1.82) is 0 Å². The summed E-state index contributed by atoms with van der Waals surface area (Å²) in [7, 11) is 3.43. The van der Waals surface area contributed by atoms with Gasteiger partial charge < -0.3 is 19.4 Å². The van der Waals surface area contributed by atoms with Crippen molar-refractivity contribution in [3.05, 3.63) is 71.5 Å². The highest BCUT2D eigenvalue weighted by atomic mass is 16.6. The molecule has 0 aliphatic rings. The van der Waals surface area contributed by atoms with E-state index in [1.54, 1.807) is 32.4 Å². The molecule has 0 saturated heterocycles. The Balaban J connectivity index is 1.49. The molecule has 0 atom stereocenters. The van der Waals surface area contributed by atoms with E-state index in [1.165, 1.54) is 4.90 Å². The zero-order valence-corrected chi connectivity index (χ0v) is 22.3. The Bertz CT molecular complexity index is 1440. The average Bonchev–Trinajstić information content (AvgIpc) is 3.37. The predicted octanol–water partition coefficient (Wildman–Crippen LogP) is 4.90. The predicted molar refractivity (Wildman–Crippen MR) is 142 cm³/mol. The lowest BCUT2D eigenvalue weighted by Crippen LogP contribution is -2.32. The van der Waals surface area contributed by atoms with Crippen LogP contribution in [0.25, 0.3) is 34.3 Å². The zero-order valence-electron chi connectivity index (χ0n) is 22.3. The van der Waals surface area contributed by atoms with Crippen molar-refractivity contribution in [2.45, 2.75) is 39.8 Å². The third-order valence-electron chi connectivity index (χ3n) is 5.45. The summed E-state index contributed by atoms with van der Waals surface area (Å²) in [5, 5.41) is 11.1. The number of carbonyl (C=O) groups excluding carboxylic acids is 2. The van der Waals surface area contributed by atoms with Crippen LogP contribution in [0.2, 0.25) is 0 Å². The maximum atomic E-state index is 12.2. The van der Waals surface area contributed by atoms with E-state index in [9.17, 15) is 9.59 Å². The van der Waals surface area contributed by atoms with Gasteiger partial charge in [-0.15, -0.1) is 10.2 Å². The summed E-state index contributed by atoms with van der Waals surface area (Å²) in [6.07, 6.45) is 1.20. The highest BCUT2D eigenvalue weighted by molar-refractivity contribution is 5.94. The fourth-order valence-corrected chi connectivity index (χ4v) is 3.52. The SMILES string of the molecule is Cc1ncc(-c2ccc(C(=O)N(C)C)cc2)nc1-c1nnc(-c2ccc(CNC(=O)OC(C)(C)C)cc2)o1. The van der Waals surface area contributed by atoms with Crippen LogP contribution in [0.4, 0.5) is 4.79 Å². The van der Waals surface area contributed by atoms with Crippen molar-refractivity contribution in [1.82, 2.24) is 30.4 Å². The van der Waals surface area contributed by atoms with Crippen LogP contribution >= 0.6 is 0 Å². The molecule has 4 aromatic rings. The summed E-state index contributed by atoms with van der Waals surface area (Å²) in [6.45, 7) is 7.60. The molecule has 2 aromatic heterocycles. The normalized spacial score (nSPS) is 11.2. The quantitative estimate of drug-likeness (QED) is 0.386. The van der Waals surface area contributed by atoms with Crippen molar-refractivity contribution in [3.63, 3.8) is 0 Å². The number of rotatable bonds is 6. The van der Waals surface area contributed by atoms with Gasteiger partial charge in [0.1, 0.15) is 11.3 Å². The van der Waals surface area contributed by atoms with E-state index in [0.29, 0.717) is 35.1 Å². The van der Waals surface area contributed by atoms with Crippen LogP contribution in [0.5, 0.6) is 0 Å². The van der Waals surface area contributed by atoms with Crippen LogP contribution < -0.4 is 5.32 Å². The van der Waals surface area contributed by atoms with Gasteiger partial charge in [0.25, 0.3) is 11.8 Å². The van der Waals surface area contributed by atoms with Crippen LogP contribution in [0.1, 0.15) is 42.4 Å². The lowest BCUT2D eigenvalue weighted by atomic mass is 10.1. The molecule has 4 rings (SSSR count). The number of amides is 2. The summed E-state index contributed by atoms with van der Waals surface area (Å²) in [5.74, 6) is 0.518. The van der Waals surface area contributed by atoms with Gasteiger partial charge in [0.2, 0.25) is 5.89 Å². The summed E-state index contributed by atoms with van der Waals surface area (Å²) >= 11 is 0. The van der Waals surface area contributed by atoms with E-state index in [4.69, 9.17) is 14.1 Å². The summed E-state index contributed by atoms with van der Waals surface area (Å²) < 4.78 is 11.2. The van der Waals surface area contributed by atoms with Crippen molar-refractivity contribution < 1.29 is 18.7 Å². The Labute approximate surface area is 221 Å². The second kappa shape index (κ2) is 10.8. The number of hydrogen-bond acceptors (Lipinski definition) is 8. The van der Waals surface area contributed by atoms with Gasteiger partial charge in [0, 0.05) is 37.3 Å². The molecule has 1 N–H and O–H groups in total. The molecule has 10 heteroatoms. The number of aromatic nitrogens is 4. The number of hydrogen-bond donors (Lipinski definition) is 1. The first-order valence-electron chi connectivity index (χ1n) is 12.1. The topological polar surface area (TPSA) is 123 Å². The lowest BCUT2D eigenvalue weighted by molar-refractivity contribution is 0.0523. The van der Waals surface area contributed by atoms with Crippen molar-refractivity contribution in [3.8, 4) is 34.3 Å². The van der Waals surface area contributed by atoms with Gasteiger partial charge in [0.15, 0.2) is 0 Å². The summed E-state index contributed by atoms with van der Waals surface area (Å²) in [4.78, 5) is 34.7. The van der Waals surface area contributed by atoms with E-state index < -0.39 is 11.7 Å². The monoisotopic (exact) mass is 514 g/mol. The maximum absolute atomic E-state index is 12.2. The molecule has 0 bridgehead atoms. The third-order valence-corrected chi connectivity index (χ3v) is 5.45.